The normalized spacial score (nSPS) is 13.6. The first-order valence-corrected chi connectivity index (χ1v) is 3.12. The van der Waals surface area contributed by atoms with Crippen molar-refractivity contribution in [3.63, 3.8) is 0 Å². The van der Waals surface area contributed by atoms with Gasteiger partial charge >= 0.3 is 0 Å². The SMILES string of the molecule is CC(C)OC[C@H](N)C(=O)[O-]. The van der Waals surface area contributed by atoms with Gasteiger partial charge in [0.05, 0.1) is 24.7 Å². The fourth-order valence-electron chi connectivity index (χ4n) is 0.364. The summed E-state index contributed by atoms with van der Waals surface area (Å²) in [6, 6.07) is -1.01. The third-order valence-corrected chi connectivity index (χ3v) is 0.912. The van der Waals surface area contributed by atoms with Crippen LogP contribution in [0.2, 0.25) is 0 Å². The van der Waals surface area contributed by atoms with Crippen LogP contribution in [0, 0.1) is 0 Å². The largest absolute Gasteiger partial charge is 0.548 e. The second-order valence-corrected chi connectivity index (χ2v) is 2.31. The fraction of sp³-hybridized carbons (Fsp3) is 0.833. The number of hydrogen-bond donors (Lipinski definition) is 1. The Morgan fingerprint density at radius 3 is 2.50 bits per heavy atom. The Hall–Kier alpha value is -0.610. The predicted octanol–water partition coefficient (Wildman–Crippen LogP) is -1.51. The molecule has 0 heterocycles. The minimum atomic E-state index is -1.28. The molecular formula is C6H12NO3-. The van der Waals surface area contributed by atoms with Gasteiger partial charge in [0.1, 0.15) is 0 Å². The fourth-order valence-corrected chi connectivity index (χ4v) is 0.364. The van der Waals surface area contributed by atoms with Gasteiger partial charge in [0, 0.05) is 0 Å². The van der Waals surface area contributed by atoms with E-state index < -0.39 is 12.0 Å². The van der Waals surface area contributed by atoms with Gasteiger partial charge in [-0.15, -0.1) is 0 Å². The third kappa shape index (κ3) is 4.29. The average molecular weight is 146 g/mol. The Balaban J connectivity index is 3.40. The summed E-state index contributed by atoms with van der Waals surface area (Å²) in [4.78, 5) is 10.00. The zero-order valence-corrected chi connectivity index (χ0v) is 6.16. The topological polar surface area (TPSA) is 75.4 Å². The van der Waals surface area contributed by atoms with Crippen molar-refractivity contribution >= 4 is 5.97 Å². The molecule has 0 aromatic rings. The lowest BCUT2D eigenvalue weighted by molar-refractivity contribution is -0.308. The Morgan fingerprint density at radius 1 is 1.70 bits per heavy atom. The molecule has 60 valence electrons. The van der Waals surface area contributed by atoms with E-state index in [4.69, 9.17) is 10.5 Å². The minimum absolute atomic E-state index is 0.00500. The van der Waals surface area contributed by atoms with Crippen LogP contribution < -0.4 is 10.8 Å². The van der Waals surface area contributed by atoms with Crippen molar-refractivity contribution < 1.29 is 14.6 Å². The van der Waals surface area contributed by atoms with E-state index in [1.165, 1.54) is 0 Å². The molecule has 0 aliphatic carbocycles. The van der Waals surface area contributed by atoms with Crippen LogP contribution in [0.5, 0.6) is 0 Å². The Kier molecular flexibility index (Phi) is 3.99. The Labute approximate surface area is 60.0 Å². The molecule has 0 radical (unpaired) electrons. The quantitative estimate of drug-likeness (QED) is 0.523. The Bertz CT molecular complexity index is 114. The zero-order chi connectivity index (χ0) is 8.15. The molecule has 10 heavy (non-hydrogen) atoms. The number of hydrogen-bond acceptors (Lipinski definition) is 4. The molecule has 2 N–H and O–H groups in total. The highest BCUT2D eigenvalue weighted by Crippen LogP contribution is 1.88. The lowest BCUT2D eigenvalue weighted by atomic mass is 10.3. The second-order valence-electron chi connectivity index (χ2n) is 2.31. The van der Waals surface area contributed by atoms with Gasteiger partial charge in [-0.2, -0.15) is 0 Å². The molecule has 0 unspecified atom stereocenters. The monoisotopic (exact) mass is 146 g/mol. The first kappa shape index (κ1) is 9.39. The number of carbonyl (C=O) groups excluding carboxylic acids is 1. The number of carbonyl (C=O) groups is 1. The van der Waals surface area contributed by atoms with Gasteiger partial charge in [-0.25, -0.2) is 0 Å². The van der Waals surface area contributed by atoms with Crippen molar-refractivity contribution in [2.24, 2.45) is 5.73 Å². The van der Waals surface area contributed by atoms with Crippen molar-refractivity contribution in [1.29, 1.82) is 0 Å². The van der Waals surface area contributed by atoms with Crippen molar-refractivity contribution in [3.05, 3.63) is 0 Å². The number of nitrogens with two attached hydrogens (primary N) is 1. The van der Waals surface area contributed by atoms with Gasteiger partial charge in [-0.3, -0.25) is 0 Å². The highest BCUT2D eigenvalue weighted by Gasteiger charge is 2.03. The first-order chi connectivity index (χ1) is 4.54. The highest BCUT2D eigenvalue weighted by atomic mass is 16.5. The number of ether oxygens (including phenoxy) is 1. The maximum Gasteiger partial charge on any atom is 0.0680 e. The zero-order valence-electron chi connectivity index (χ0n) is 6.16. The lowest BCUT2D eigenvalue weighted by Gasteiger charge is -2.14. The standard InChI is InChI=1S/C6H13NO3/c1-4(2)10-3-5(7)6(8)9/h4-5H,3,7H2,1-2H3,(H,8,9)/p-1/t5-/m0/s1. The van der Waals surface area contributed by atoms with Crippen molar-refractivity contribution in [2.45, 2.75) is 26.0 Å². The van der Waals surface area contributed by atoms with Crippen molar-refractivity contribution in [1.82, 2.24) is 0 Å². The molecule has 0 saturated carbocycles. The van der Waals surface area contributed by atoms with Crippen LogP contribution >= 0.6 is 0 Å². The molecule has 0 fully saturated rings. The molecule has 4 nitrogen and oxygen atoms in total. The van der Waals surface area contributed by atoms with E-state index in [0.29, 0.717) is 0 Å². The van der Waals surface area contributed by atoms with E-state index in [1.807, 2.05) is 13.8 Å². The summed E-state index contributed by atoms with van der Waals surface area (Å²) in [6.07, 6.45) is 0.00500. The molecule has 0 saturated heterocycles. The van der Waals surface area contributed by atoms with Crippen molar-refractivity contribution in [2.75, 3.05) is 6.61 Å². The molecule has 0 bridgehead atoms. The van der Waals surface area contributed by atoms with E-state index in [-0.39, 0.29) is 12.7 Å². The summed E-state index contributed by atoms with van der Waals surface area (Å²) in [5.74, 6) is -1.28. The summed E-state index contributed by atoms with van der Waals surface area (Å²) >= 11 is 0. The third-order valence-electron chi connectivity index (χ3n) is 0.912. The van der Waals surface area contributed by atoms with Gasteiger partial charge < -0.3 is 20.4 Å². The van der Waals surface area contributed by atoms with Crippen LogP contribution in [0.1, 0.15) is 13.8 Å². The lowest BCUT2D eigenvalue weighted by Crippen LogP contribution is -2.45. The molecule has 0 aliphatic rings. The molecule has 0 aliphatic heterocycles. The molecule has 0 aromatic heterocycles. The number of carboxylic acid groups (broad SMARTS) is 1. The predicted molar refractivity (Wildman–Crippen MR) is 34.1 cm³/mol. The Morgan fingerprint density at radius 2 is 2.20 bits per heavy atom. The van der Waals surface area contributed by atoms with Gasteiger partial charge in [0.15, 0.2) is 0 Å². The van der Waals surface area contributed by atoms with Crippen molar-refractivity contribution in [3.8, 4) is 0 Å². The minimum Gasteiger partial charge on any atom is -0.548 e. The second kappa shape index (κ2) is 4.24. The van der Waals surface area contributed by atoms with E-state index in [9.17, 15) is 9.90 Å². The number of carboxylic acids is 1. The van der Waals surface area contributed by atoms with Crippen LogP contribution in [0.25, 0.3) is 0 Å². The van der Waals surface area contributed by atoms with Crippen LogP contribution in [0.3, 0.4) is 0 Å². The summed E-state index contributed by atoms with van der Waals surface area (Å²) in [7, 11) is 0. The molecule has 0 aromatic carbocycles. The van der Waals surface area contributed by atoms with Gasteiger partial charge in [-0.05, 0) is 13.8 Å². The number of rotatable bonds is 4. The van der Waals surface area contributed by atoms with Crippen LogP contribution in [0.4, 0.5) is 0 Å². The maximum absolute atomic E-state index is 10.00. The maximum atomic E-state index is 10.00. The molecule has 4 heteroatoms. The smallest absolute Gasteiger partial charge is 0.0680 e. The van der Waals surface area contributed by atoms with Crippen LogP contribution in [-0.2, 0) is 9.53 Å². The van der Waals surface area contributed by atoms with E-state index in [2.05, 4.69) is 0 Å². The van der Waals surface area contributed by atoms with Gasteiger partial charge in [0.25, 0.3) is 0 Å². The summed E-state index contributed by atoms with van der Waals surface area (Å²) in [6.45, 7) is 3.63. The molecular weight excluding hydrogens is 134 g/mol. The molecule has 0 amide bonds. The molecule has 0 rings (SSSR count). The van der Waals surface area contributed by atoms with Crippen LogP contribution in [-0.4, -0.2) is 24.7 Å². The van der Waals surface area contributed by atoms with E-state index in [0.717, 1.165) is 0 Å². The summed E-state index contributed by atoms with van der Waals surface area (Å²) in [5, 5.41) is 10.00. The number of aliphatic carboxylic acids is 1. The van der Waals surface area contributed by atoms with E-state index >= 15 is 0 Å². The van der Waals surface area contributed by atoms with Crippen LogP contribution in [0.15, 0.2) is 0 Å². The van der Waals surface area contributed by atoms with Gasteiger partial charge in [-0.1, -0.05) is 0 Å². The average Bonchev–Trinajstić information content (AvgIpc) is 1.82. The highest BCUT2D eigenvalue weighted by molar-refractivity contribution is 5.70. The molecule has 0 spiro atoms. The van der Waals surface area contributed by atoms with Gasteiger partial charge in [0.2, 0.25) is 0 Å². The van der Waals surface area contributed by atoms with E-state index in [1.54, 1.807) is 0 Å². The summed E-state index contributed by atoms with van der Waals surface area (Å²) < 4.78 is 4.92. The summed E-state index contributed by atoms with van der Waals surface area (Å²) in [5.41, 5.74) is 5.08. The first-order valence-electron chi connectivity index (χ1n) is 3.12. The molecule has 1 atom stereocenters.